The summed E-state index contributed by atoms with van der Waals surface area (Å²) in [4.78, 5) is 42.9. The summed E-state index contributed by atoms with van der Waals surface area (Å²) < 4.78 is 17.7. The monoisotopic (exact) mass is 568 g/mol. The molecule has 0 aliphatic carbocycles. The highest BCUT2D eigenvalue weighted by Crippen LogP contribution is 2.35. The first kappa shape index (κ1) is 29.3. The maximum Gasteiger partial charge on any atom is 0.262 e. The van der Waals surface area contributed by atoms with Crippen molar-refractivity contribution >= 4 is 34.5 Å². The number of nitrogens with zero attached hydrogens (tertiary/aromatic N) is 2. The molecule has 10 nitrogen and oxygen atoms in total. The highest BCUT2D eigenvalue weighted by atomic mass is 32.2. The highest BCUT2D eigenvalue weighted by molar-refractivity contribution is 7.99. The van der Waals surface area contributed by atoms with Gasteiger partial charge in [-0.2, -0.15) is 0 Å². The van der Waals surface area contributed by atoms with Gasteiger partial charge < -0.3 is 24.8 Å². The Kier molecular flexibility index (Phi) is 10.3. The number of fused-ring (bicyclic) bond motifs is 2. The fourth-order valence-corrected chi connectivity index (χ4v) is 5.05. The van der Waals surface area contributed by atoms with Crippen molar-refractivity contribution in [3.8, 4) is 17.2 Å². The second-order valence-corrected chi connectivity index (χ2v) is 10.6. The van der Waals surface area contributed by atoms with Crippen LogP contribution >= 0.6 is 11.8 Å². The third-order valence-electron chi connectivity index (χ3n) is 6.70. The number of aromatic nitrogens is 2. The molecule has 2 N–H and O–H groups in total. The number of methoxy groups -OCH3 is 1. The van der Waals surface area contributed by atoms with Gasteiger partial charge in [0.15, 0.2) is 16.7 Å². The molecular weight excluding hydrogens is 532 g/mol. The average molecular weight is 569 g/mol. The number of hydrogen-bond donors (Lipinski definition) is 2. The summed E-state index contributed by atoms with van der Waals surface area (Å²) in [6.07, 6.45) is 3.39. The van der Waals surface area contributed by atoms with E-state index in [0.717, 1.165) is 24.2 Å². The number of benzene rings is 2. The van der Waals surface area contributed by atoms with Crippen LogP contribution in [0.15, 0.2) is 46.3 Å². The van der Waals surface area contributed by atoms with Gasteiger partial charge in [-0.05, 0) is 49.9 Å². The van der Waals surface area contributed by atoms with Gasteiger partial charge in [-0.3, -0.25) is 19.0 Å². The van der Waals surface area contributed by atoms with Crippen LogP contribution in [0.2, 0.25) is 0 Å². The third-order valence-corrected chi connectivity index (χ3v) is 7.68. The molecular formula is C29H36N4O6S. The molecule has 0 saturated heterocycles. The Morgan fingerprint density at radius 2 is 1.85 bits per heavy atom. The van der Waals surface area contributed by atoms with Gasteiger partial charge in [-0.1, -0.05) is 37.2 Å². The van der Waals surface area contributed by atoms with E-state index in [1.54, 1.807) is 23.8 Å². The summed E-state index contributed by atoms with van der Waals surface area (Å²) in [6, 6.07) is 11.0. The van der Waals surface area contributed by atoms with Gasteiger partial charge in [0.25, 0.3) is 5.56 Å². The lowest BCUT2D eigenvalue weighted by Gasteiger charge is -2.15. The number of unbranched alkanes of at least 4 members (excludes halogenated alkanes) is 2. The zero-order valence-electron chi connectivity index (χ0n) is 23.2. The van der Waals surface area contributed by atoms with Gasteiger partial charge in [0.1, 0.15) is 5.75 Å². The van der Waals surface area contributed by atoms with Gasteiger partial charge in [-0.15, -0.1) is 0 Å². The Morgan fingerprint density at radius 1 is 1.10 bits per heavy atom. The predicted octanol–water partition coefficient (Wildman–Crippen LogP) is 4.02. The standard InChI is InChI=1S/C29H36N4O6S/c1-4-19(2)31-27(35)17-40-29-32-23-15-25-24(38-18-39-25)14-22(23)28(36)33(29)13-7-5-6-8-26(34)30-16-20-9-11-21(37-3)12-10-20/h9-12,14-15,19H,4-8,13,16-18H2,1-3H3,(H,30,34)(H,31,35)/t19-/m1/s1. The molecule has 0 saturated carbocycles. The quantitative estimate of drug-likeness (QED) is 0.170. The van der Waals surface area contributed by atoms with Crippen LogP contribution in [0.1, 0.15) is 51.5 Å². The summed E-state index contributed by atoms with van der Waals surface area (Å²) in [5.74, 6) is 1.88. The van der Waals surface area contributed by atoms with E-state index in [2.05, 4.69) is 10.6 Å². The second kappa shape index (κ2) is 14.1. The lowest BCUT2D eigenvalue weighted by Crippen LogP contribution is -2.33. The largest absolute Gasteiger partial charge is 0.497 e. The van der Waals surface area contributed by atoms with Crippen LogP contribution in [0.4, 0.5) is 0 Å². The van der Waals surface area contributed by atoms with Gasteiger partial charge in [0, 0.05) is 31.6 Å². The maximum atomic E-state index is 13.5. The van der Waals surface area contributed by atoms with Crippen LogP contribution in [0.5, 0.6) is 17.2 Å². The van der Waals surface area contributed by atoms with E-state index in [1.807, 2.05) is 38.1 Å². The van der Waals surface area contributed by atoms with Crippen molar-refractivity contribution in [1.82, 2.24) is 20.2 Å². The van der Waals surface area contributed by atoms with Crippen LogP contribution in [-0.4, -0.2) is 47.1 Å². The lowest BCUT2D eigenvalue weighted by atomic mass is 10.1. The molecule has 40 heavy (non-hydrogen) atoms. The Balaban J connectivity index is 1.35. The van der Waals surface area contributed by atoms with Crippen molar-refractivity contribution in [2.75, 3.05) is 19.7 Å². The van der Waals surface area contributed by atoms with Crippen molar-refractivity contribution in [2.24, 2.45) is 0 Å². The lowest BCUT2D eigenvalue weighted by molar-refractivity contribution is -0.121. The van der Waals surface area contributed by atoms with Crippen molar-refractivity contribution in [3.05, 3.63) is 52.3 Å². The summed E-state index contributed by atoms with van der Waals surface area (Å²) in [6.45, 7) is 4.96. The molecule has 2 aromatic carbocycles. The van der Waals surface area contributed by atoms with Crippen molar-refractivity contribution in [3.63, 3.8) is 0 Å². The zero-order valence-corrected chi connectivity index (χ0v) is 24.0. The number of amides is 2. The first-order chi connectivity index (χ1) is 19.4. The molecule has 0 radical (unpaired) electrons. The highest BCUT2D eigenvalue weighted by Gasteiger charge is 2.20. The normalized spacial score (nSPS) is 12.8. The minimum Gasteiger partial charge on any atom is -0.497 e. The topological polar surface area (TPSA) is 121 Å². The maximum absolute atomic E-state index is 13.5. The third kappa shape index (κ3) is 7.68. The zero-order chi connectivity index (χ0) is 28.5. The minimum atomic E-state index is -0.189. The Hall–Kier alpha value is -3.73. The Labute approximate surface area is 237 Å². The summed E-state index contributed by atoms with van der Waals surface area (Å²) in [7, 11) is 1.62. The molecule has 1 atom stereocenters. The molecule has 1 aliphatic heterocycles. The van der Waals surface area contributed by atoms with Crippen LogP contribution < -0.4 is 30.4 Å². The van der Waals surface area contributed by atoms with Gasteiger partial charge in [0.05, 0.1) is 23.8 Å². The number of thioether (sulfide) groups is 1. The van der Waals surface area contributed by atoms with Crippen LogP contribution in [0, 0.1) is 0 Å². The second-order valence-electron chi connectivity index (χ2n) is 9.67. The molecule has 0 bridgehead atoms. The Bertz CT molecular complexity index is 1390. The van der Waals surface area contributed by atoms with E-state index < -0.39 is 0 Å². The number of ether oxygens (including phenoxy) is 3. The van der Waals surface area contributed by atoms with E-state index in [1.165, 1.54) is 11.8 Å². The van der Waals surface area contributed by atoms with E-state index in [9.17, 15) is 14.4 Å². The fraction of sp³-hybridized carbons (Fsp3) is 0.448. The number of rotatable bonds is 14. The van der Waals surface area contributed by atoms with E-state index >= 15 is 0 Å². The van der Waals surface area contributed by atoms with Crippen LogP contribution in [0.25, 0.3) is 10.9 Å². The smallest absolute Gasteiger partial charge is 0.262 e. The van der Waals surface area contributed by atoms with E-state index in [-0.39, 0.29) is 36.0 Å². The molecule has 2 heterocycles. The number of hydrogen-bond acceptors (Lipinski definition) is 8. The molecule has 4 rings (SSSR count). The SMILES string of the molecule is CC[C@@H](C)NC(=O)CSc1nc2cc3c(cc2c(=O)n1CCCCCC(=O)NCc1ccc(OC)cc1)OCO3. The van der Waals surface area contributed by atoms with Crippen LogP contribution in [-0.2, 0) is 22.7 Å². The van der Waals surface area contributed by atoms with Gasteiger partial charge in [-0.25, -0.2) is 4.98 Å². The molecule has 0 spiro atoms. The minimum absolute atomic E-state index is 0.0139. The van der Waals surface area contributed by atoms with Gasteiger partial charge >= 0.3 is 0 Å². The molecule has 3 aromatic rings. The fourth-order valence-electron chi connectivity index (χ4n) is 4.21. The molecule has 1 aliphatic rings. The summed E-state index contributed by atoms with van der Waals surface area (Å²) in [5, 5.41) is 6.81. The van der Waals surface area contributed by atoms with Crippen molar-refractivity contribution in [1.29, 1.82) is 0 Å². The van der Waals surface area contributed by atoms with Crippen molar-refractivity contribution in [2.45, 2.75) is 70.2 Å². The van der Waals surface area contributed by atoms with Crippen molar-refractivity contribution < 1.29 is 23.8 Å². The molecule has 0 unspecified atom stereocenters. The molecule has 214 valence electrons. The van der Waals surface area contributed by atoms with Crippen LogP contribution in [0.3, 0.4) is 0 Å². The number of nitrogens with one attached hydrogen (secondary N) is 2. The summed E-state index contributed by atoms with van der Waals surface area (Å²) in [5.41, 5.74) is 1.32. The first-order valence-electron chi connectivity index (χ1n) is 13.5. The molecule has 11 heteroatoms. The average Bonchev–Trinajstić information content (AvgIpc) is 3.42. The number of carbonyl (C=O) groups excluding carboxylic acids is 2. The van der Waals surface area contributed by atoms with E-state index in [4.69, 9.17) is 19.2 Å². The molecule has 0 fully saturated rings. The molecule has 1 aromatic heterocycles. The molecule has 2 amide bonds. The van der Waals surface area contributed by atoms with Gasteiger partial charge in [0.2, 0.25) is 18.6 Å². The number of carbonyl (C=O) groups is 2. The van der Waals surface area contributed by atoms with E-state index in [0.29, 0.717) is 59.9 Å². The first-order valence-corrected chi connectivity index (χ1v) is 14.5. The summed E-state index contributed by atoms with van der Waals surface area (Å²) >= 11 is 1.24. The predicted molar refractivity (Wildman–Crippen MR) is 154 cm³/mol. The Morgan fingerprint density at radius 3 is 2.58 bits per heavy atom.